The molecule has 1 aliphatic rings. The Balaban J connectivity index is 1.69. The highest BCUT2D eigenvalue weighted by atomic mass is 35.5. The van der Waals surface area contributed by atoms with Gasteiger partial charge < -0.3 is 5.32 Å². The molecule has 0 radical (unpaired) electrons. The first-order valence-electron chi connectivity index (χ1n) is 8.29. The molecular formula is C19H16ClFN4O2S. The molecule has 2 aromatic rings. The van der Waals surface area contributed by atoms with Crippen LogP contribution in [0.2, 0.25) is 5.02 Å². The van der Waals surface area contributed by atoms with Gasteiger partial charge in [-0.05, 0) is 42.8 Å². The molecule has 0 bridgehead atoms. The third kappa shape index (κ3) is 4.76. The summed E-state index contributed by atoms with van der Waals surface area (Å²) in [4.78, 5) is 24.9. The second-order valence-electron chi connectivity index (χ2n) is 6.01. The monoisotopic (exact) mass is 418 g/mol. The number of carbonyl (C=O) groups is 2. The number of halogens is 2. The third-order valence-corrected chi connectivity index (χ3v) is 5.24. The van der Waals surface area contributed by atoms with E-state index in [4.69, 9.17) is 17.0 Å². The van der Waals surface area contributed by atoms with Crippen LogP contribution in [0.25, 0.3) is 0 Å². The van der Waals surface area contributed by atoms with Gasteiger partial charge in [0.1, 0.15) is 11.1 Å². The highest BCUT2D eigenvalue weighted by Crippen LogP contribution is 2.27. The Bertz CT molecular complexity index is 947. The number of amides is 2. The van der Waals surface area contributed by atoms with Crippen molar-refractivity contribution >= 4 is 51.7 Å². The van der Waals surface area contributed by atoms with Crippen LogP contribution in [-0.2, 0) is 9.59 Å². The molecule has 1 unspecified atom stereocenters. The minimum Gasteiger partial charge on any atom is -0.325 e. The molecule has 6 nitrogen and oxygen atoms in total. The highest BCUT2D eigenvalue weighted by molar-refractivity contribution is 8.14. The summed E-state index contributed by atoms with van der Waals surface area (Å²) >= 11 is 6.85. The van der Waals surface area contributed by atoms with Crippen molar-refractivity contribution in [2.24, 2.45) is 5.10 Å². The largest absolute Gasteiger partial charge is 0.325 e. The molecule has 1 atom stereocenters. The molecule has 9 heteroatoms. The van der Waals surface area contributed by atoms with Crippen LogP contribution < -0.4 is 5.32 Å². The second kappa shape index (κ2) is 8.53. The number of benzene rings is 2. The van der Waals surface area contributed by atoms with Crippen molar-refractivity contribution in [1.29, 1.82) is 5.41 Å². The second-order valence-corrected chi connectivity index (χ2v) is 7.64. The van der Waals surface area contributed by atoms with Crippen molar-refractivity contribution in [3.05, 3.63) is 64.9 Å². The number of rotatable bonds is 4. The maximum Gasteiger partial charge on any atom is 0.250 e. The van der Waals surface area contributed by atoms with Gasteiger partial charge in [-0.2, -0.15) is 10.1 Å². The lowest BCUT2D eigenvalue weighted by Crippen LogP contribution is -2.42. The van der Waals surface area contributed by atoms with E-state index in [1.165, 1.54) is 12.1 Å². The van der Waals surface area contributed by atoms with E-state index >= 15 is 0 Å². The fourth-order valence-electron chi connectivity index (χ4n) is 2.52. The van der Waals surface area contributed by atoms with Crippen molar-refractivity contribution in [1.82, 2.24) is 5.01 Å². The molecule has 1 saturated heterocycles. The minimum atomic E-state index is -0.739. The molecule has 2 N–H and O–H groups in total. The predicted octanol–water partition coefficient (Wildman–Crippen LogP) is 4.11. The van der Waals surface area contributed by atoms with Gasteiger partial charge in [-0.15, -0.1) is 0 Å². The molecule has 1 heterocycles. The SMILES string of the molecule is C/C(=N\N1C(=N)SC(C(=O)Nc2cccc(Cl)c2)CC1=O)c1ccc(F)cc1. The molecule has 0 saturated carbocycles. The average molecular weight is 419 g/mol. The van der Waals surface area contributed by atoms with Gasteiger partial charge in [-0.1, -0.05) is 41.6 Å². The summed E-state index contributed by atoms with van der Waals surface area (Å²) in [5, 5.41) is 15.5. The molecule has 0 spiro atoms. The minimum absolute atomic E-state index is 0.0976. The van der Waals surface area contributed by atoms with Gasteiger partial charge in [0.25, 0.3) is 5.91 Å². The first kappa shape index (κ1) is 20.0. The summed E-state index contributed by atoms with van der Waals surface area (Å²) in [6.45, 7) is 1.66. The number of carbonyl (C=O) groups excluding carboxylic acids is 2. The fourth-order valence-corrected chi connectivity index (χ4v) is 3.61. The zero-order chi connectivity index (χ0) is 20.3. The summed E-state index contributed by atoms with van der Waals surface area (Å²) in [7, 11) is 0. The predicted molar refractivity (Wildman–Crippen MR) is 109 cm³/mol. The van der Waals surface area contributed by atoms with Crippen LogP contribution in [0.4, 0.5) is 10.1 Å². The number of hydrazone groups is 1. The number of nitrogens with one attached hydrogen (secondary N) is 2. The summed E-state index contributed by atoms with van der Waals surface area (Å²) in [6, 6.07) is 12.3. The zero-order valence-corrected chi connectivity index (χ0v) is 16.4. The number of hydrogen-bond donors (Lipinski definition) is 2. The molecule has 0 aliphatic carbocycles. The lowest BCUT2D eigenvalue weighted by atomic mass is 10.1. The van der Waals surface area contributed by atoms with E-state index in [0.717, 1.165) is 16.8 Å². The van der Waals surface area contributed by atoms with Crippen LogP contribution in [0.15, 0.2) is 53.6 Å². The van der Waals surface area contributed by atoms with Crippen molar-refractivity contribution in [3.63, 3.8) is 0 Å². The van der Waals surface area contributed by atoms with Crippen LogP contribution in [-0.4, -0.2) is 33.0 Å². The van der Waals surface area contributed by atoms with Crippen molar-refractivity contribution < 1.29 is 14.0 Å². The molecule has 28 heavy (non-hydrogen) atoms. The summed E-state index contributed by atoms with van der Waals surface area (Å²) in [6.07, 6.45) is -0.0976. The van der Waals surface area contributed by atoms with Crippen LogP contribution in [0.5, 0.6) is 0 Å². The van der Waals surface area contributed by atoms with Crippen LogP contribution >= 0.6 is 23.4 Å². The lowest BCUT2D eigenvalue weighted by molar-refractivity contribution is -0.129. The summed E-state index contributed by atoms with van der Waals surface area (Å²) in [5.41, 5.74) is 1.61. The summed E-state index contributed by atoms with van der Waals surface area (Å²) < 4.78 is 13.0. The quantitative estimate of drug-likeness (QED) is 0.732. The average Bonchev–Trinajstić information content (AvgIpc) is 2.65. The molecule has 3 rings (SSSR count). The Hall–Kier alpha value is -2.71. The van der Waals surface area contributed by atoms with Crippen molar-refractivity contribution in [2.75, 3.05) is 5.32 Å². The zero-order valence-electron chi connectivity index (χ0n) is 14.8. The van der Waals surface area contributed by atoms with E-state index in [1.54, 1.807) is 43.3 Å². The van der Waals surface area contributed by atoms with Gasteiger partial charge in [0.2, 0.25) is 5.91 Å². The van der Waals surface area contributed by atoms with E-state index in [-0.39, 0.29) is 23.3 Å². The Kier molecular flexibility index (Phi) is 6.11. The van der Waals surface area contributed by atoms with Gasteiger partial charge in [-0.3, -0.25) is 15.0 Å². The van der Waals surface area contributed by atoms with E-state index < -0.39 is 11.2 Å². The number of nitrogens with zero attached hydrogens (tertiary/aromatic N) is 2. The van der Waals surface area contributed by atoms with E-state index in [2.05, 4.69) is 10.4 Å². The first-order chi connectivity index (χ1) is 13.3. The van der Waals surface area contributed by atoms with Gasteiger partial charge in [0, 0.05) is 10.7 Å². The fraction of sp³-hybridized carbons (Fsp3) is 0.158. The molecular weight excluding hydrogens is 403 g/mol. The standard InChI is InChI=1S/C19H16ClFN4O2S/c1-11(12-5-7-14(21)8-6-12)24-25-17(26)10-16(28-19(25)22)18(27)23-15-4-2-3-13(20)9-15/h2-9,16,22H,10H2,1H3,(H,23,27)/b22-19?,24-11+. The van der Waals surface area contributed by atoms with E-state index in [9.17, 15) is 14.0 Å². The molecule has 2 amide bonds. The van der Waals surface area contributed by atoms with E-state index in [1.807, 2.05) is 0 Å². The molecule has 144 valence electrons. The van der Waals surface area contributed by atoms with Gasteiger partial charge in [0.05, 0.1) is 12.1 Å². The van der Waals surface area contributed by atoms with Gasteiger partial charge in [0.15, 0.2) is 5.17 Å². The number of hydrogen-bond acceptors (Lipinski definition) is 5. The highest BCUT2D eigenvalue weighted by Gasteiger charge is 2.35. The number of thioether (sulfide) groups is 1. The van der Waals surface area contributed by atoms with Crippen LogP contribution in [0, 0.1) is 11.2 Å². The normalized spacial score (nSPS) is 17.6. The van der Waals surface area contributed by atoms with Gasteiger partial charge in [-0.25, -0.2) is 4.39 Å². The third-order valence-electron chi connectivity index (χ3n) is 3.94. The van der Waals surface area contributed by atoms with Crippen LogP contribution in [0.1, 0.15) is 18.9 Å². The molecule has 2 aromatic carbocycles. The lowest BCUT2D eigenvalue weighted by Gasteiger charge is -2.27. The summed E-state index contributed by atoms with van der Waals surface area (Å²) in [5.74, 6) is -1.22. The van der Waals surface area contributed by atoms with E-state index in [0.29, 0.717) is 22.0 Å². The topological polar surface area (TPSA) is 85.6 Å². The molecule has 0 aromatic heterocycles. The van der Waals surface area contributed by atoms with Crippen molar-refractivity contribution in [3.8, 4) is 0 Å². The van der Waals surface area contributed by atoms with Crippen LogP contribution in [0.3, 0.4) is 0 Å². The first-order valence-corrected chi connectivity index (χ1v) is 9.55. The van der Waals surface area contributed by atoms with Gasteiger partial charge >= 0.3 is 0 Å². The maximum atomic E-state index is 13.0. The maximum absolute atomic E-state index is 13.0. The smallest absolute Gasteiger partial charge is 0.250 e. The molecule has 1 aliphatic heterocycles. The Morgan fingerprint density at radius 1 is 1.32 bits per heavy atom. The number of amidine groups is 1. The van der Waals surface area contributed by atoms with Crippen molar-refractivity contribution in [2.45, 2.75) is 18.6 Å². The Labute approximate surface area is 170 Å². The number of anilines is 1. The Morgan fingerprint density at radius 3 is 2.68 bits per heavy atom. The molecule has 1 fully saturated rings. The Morgan fingerprint density at radius 2 is 2.04 bits per heavy atom.